The number of benzene rings is 2. The van der Waals surface area contributed by atoms with Gasteiger partial charge in [0.2, 0.25) is 0 Å². The van der Waals surface area contributed by atoms with Crippen molar-refractivity contribution in [3.63, 3.8) is 0 Å². The number of fused-ring (bicyclic) bond motifs is 1. The van der Waals surface area contributed by atoms with E-state index in [0.29, 0.717) is 6.54 Å². The smallest absolute Gasteiger partial charge is 0.0181 e. The number of aryl methyl sites for hydroxylation is 1. The first-order valence-corrected chi connectivity index (χ1v) is 8.06. The SMILES string of the molecule is CCCCCCCCc1c(CN)ccc2ccccc12. The summed E-state index contributed by atoms with van der Waals surface area (Å²) in [6.45, 7) is 2.92. The van der Waals surface area contributed by atoms with Gasteiger partial charge in [0.15, 0.2) is 0 Å². The topological polar surface area (TPSA) is 26.0 Å². The first kappa shape index (κ1) is 15.1. The lowest BCUT2D eigenvalue weighted by atomic mass is 9.94. The summed E-state index contributed by atoms with van der Waals surface area (Å²) in [4.78, 5) is 0. The average molecular weight is 269 g/mol. The van der Waals surface area contributed by atoms with Crippen LogP contribution in [0.3, 0.4) is 0 Å². The summed E-state index contributed by atoms with van der Waals surface area (Å²) < 4.78 is 0. The van der Waals surface area contributed by atoms with Gasteiger partial charge in [-0.15, -0.1) is 0 Å². The maximum absolute atomic E-state index is 5.91. The molecule has 0 radical (unpaired) electrons. The third-order valence-electron chi connectivity index (χ3n) is 4.14. The van der Waals surface area contributed by atoms with E-state index in [1.807, 2.05) is 0 Å². The molecular formula is C19H27N. The first-order valence-electron chi connectivity index (χ1n) is 8.06. The fourth-order valence-electron chi connectivity index (χ4n) is 2.95. The molecule has 108 valence electrons. The van der Waals surface area contributed by atoms with Crippen molar-refractivity contribution >= 4 is 10.8 Å². The molecule has 0 aliphatic carbocycles. The van der Waals surface area contributed by atoms with Gasteiger partial charge in [0.05, 0.1) is 0 Å². The third-order valence-corrected chi connectivity index (χ3v) is 4.14. The molecule has 0 fully saturated rings. The van der Waals surface area contributed by atoms with E-state index in [4.69, 9.17) is 5.73 Å². The number of rotatable bonds is 8. The Bertz CT molecular complexity index is 530. The Balaban J connectivity index is 2.03. The maximum Gasteiger partial charge on any atom is 0.0181 e. The Morgan fingerprint density at radius 2 is 1.60 bits per heavy atom. The van der Waals surface area contributed by atoms with E-state index in [1.54, 1.807) is 0 Å². The van der Waals surface area contributed by atoms with Crippen LogP contribution in [-0.2, 0) is 13.0 Å². The molecular weight excluding hydrogens is 242 g/mol. The van der Waals surface area contributed by atoms with Gasteiger partial charge < -0.3 is 5.73 Å². The highest BCUT2D eigenvalue weighted by Gasteiger charge is 2.06. The Hall–Kier alpha value is -1.34. The molecule has 0 bridgehead atoms. The van der Waals surface area contributed by atoms with Crippen LogP contribution < -0.4 is 5.73 Å². The molecule has 2 N–H and O–H groups in total. The predicted molar refractivity (Wildman–Crippen MR) is 88.9 cm³/mol. The van der Waals surface area contributed by atoms with Crippen LogP contribution >= 0.6 is 0 Å². The van der Waals surface area contributed by atoms with Crippen molar-refractivity contribution in [1.82, 2.24) is 0 Å². The second kappa shape index (κ2) is 8.06. The highest BCUT2D eigenvalue weighted by atomic mass is 14.5. The lowest BCUT2D eigenvalue weighted by Crippen LogP contribution is -2.02. The Morgan fingerprint density at radius 3 is 2.40 bits per heavy atom. The molecule has 0 atom stereocenters. The van der Waals surface area contributed by atoms with Crippen molar-refractivity contribution in [3.05, 3.63) is 47.5 Å². The molecule has 0 saturated heterocycles. The van der Waals surface area contributed by atoms with Crippen molar-refractivity contribution in [2.75, 3.05) is 0 Å². The molecule has 2 aromatic rings. The van der Waals surface area contributed by atoms with Gasteiger partial charge in [-0.3, -0.25) is 0 Å². The maximum atomic E-state index is 5.91. The van der Waals surface area contributed by atoms with Crippen molar-refractivity contribution in [3.8, 4) is 0 Å². The van der Waals surface area contributed by atoms with E-state index in [0.717, 1.165) is 0 Å². The number of hydrogen-bond acceptors (Lipinski definition) is 1. The molecule has 2 rings (SSSR count). The zero-order valence-electron chi connectivity index (χ0n) is 12.7. The van der Waals surface area contributed by atoms with Crippen molar-refractivity contribution in [1.29, 1.82) is 0 Å². The lowest BCUT2D eigenvalue weighted by Gasteiger charge is -2.12. The summed E-state index contributed by atoms with van der Waals surface area (Å²) in [6, 6.07) is 13.1. The fourth-order valence-corrected chi connectivity index (χ4v) is 2.95. The number of nitrogens with two attached hydrogens (primary N) is 1. The minimum Gasteiger partial charge on any atom is -0.326 e. The van der Waals surface area contributed by atoms with E-state index in [1.165, 1.54) is 66.8 Å². The molecule has 0 aromatic heterocycles. The quantitative estimate of drug-likeness (QED) is 0.655. The summed E-state index contributed by atoms with van der Waals surface area (Å²) in [5, 5.41) is 2.73. The van der Waals surface area contributed by atoms with E-state index < -0.39 is 0 Å². The van der Waals surface area contributed by atoms with Gasteiger partial charge in [-0.25, -0.2) is 0 Å². The highest BCUT2D eigenvalue weighted by molar-refractivity contribution is 5.86. The van der Waals surface area contributed by atoms with E-state index in [-0.39, 0.29) is 0 Å². The molecule has 1 nitrogen and oxygen atoms in total. The number of hydrogen-bond donors (Lipinski definition) is 1. The summed E-state index contributed by atoms with van der Waals surface area (Å²) in [5.41, 5.74) is 8.70. The van der Waals surface area contributed by atoms with E-state index in [9.17, 15) is 0 Å². The molecule has 1 heteroatoms. The minimum absolute atomic E-state index is 0.649. The molecule has 0 amide bonds. The average Bonchev–Trinajstić information content (AvgIpc) is 2.50. The summed E-state index contributed by atoms with van der Waals surface area (Å²) in [5.74, 6) is 0. The van der Waals surface area contributed by atoms with Gasteiger partial charge in [0.25, 0.3) is 0 Å². The van der Waals surface area contributed by atoms with Crippen LogP contribution in [0.2, 0.25) is 0 Å². The van der Waals surface area contributed by atoms with Gasteiger partial charge >= 0.3 is 0 Å². The molecule has 0 aliphatic heterocycles. The molecule has 0 aliphatic rings. The number of unbranched alkanes of at least 4 members (excludes halogenated alkanes) is 5. The van der Waals surface area contributed by atoms with Gasteiger partial charge in [0.1, 0.15) is 0 Å². The summed E-state index contributed by atoms with van der Waals surface area (Å²) >= 11 is 0. The Morgan fingerprint density at radius 1 is 0.850 bits per heavy atom. The Kier molecular flexibility index (Phi) is 6.07. The normalized spacial score (nSPS) is 11.1. The molecule has 0 unspecified atom stereocenters. The van der Waals surface area contributed by atoms with Crippen LogP contribution in [0.5, 0.6) is 0 Å². The van der Waals surface area contributed by atoms with Gasteiger partial charge in [0, 0.05) is 6.54 Å². The van der Waals surface area contributed by atoms with Crippen molar-refractivity contribution < 1.29 is 0 Å². The van der Waals surface area contributed by atoms with Gasteiger partial charge in [-0.05, 0) is 34.7 Å². The van der Waals surface area contributed by atoms with Gasteiger partial charge in [-0.2, -0.15) is 0 Å². The highest BCUT2D eigenvalue weighted by Crippen LogP contribution is 2.24. The zero-order chi connectivity index (χ0) is 14.2. The second-order valence-corrected chi connectivity index (χ2v) is 5.65. The summed E-state index contributed by atoms with van der Waals surface area (Å²) in [6.07, 6.45) is 9.24. The van der Waals surface area contributed by atoms with Crippen molar-refractivity contribution in [2.45, 2.75) is 58.4 Å². The largest absolute Gasteiger partial charge is 0.326 e. The van der Waals surface area contributed by atoms with Crippen molar-refractivity contribution in [2.24, 2.45) is 5.73 Å². The molecule has 0 spiro atoms. The fraction of sp³-hybridized carbons (Fsp3) is 0.474. The van der Waals surface area contributed by atoms with Crippen LogP contribution in [0.25, 0.3) is 10.8 Å². The van der Waals surface area contributed by atoms with Crippen LogP contribution in [0.15, 0.2) is 36.4 Å². The molecule has 0 heterocycles. The molecule has 20 heavy (non-hydrogen) atoms. The van der Waals surface area contributed by atoms with Gasteiger partial charge in [-0.1, -0.05) is 75.4 Å². The van der Waals surface area contributed by atoms with E-state index in [2.05, 4.69) is 43.3 Å². The lowest BCUT2D eigenvalue weighted by molar-refractivity contribution is 0.607. The third kappa shape index (κ3) is 3.83. The minimum atomic E-state index is 0.649. The predicted octanol–water partition coefficient (Wildman–Crippen LogP) is 5.20. The van der Waals surface area contributed by atoms with Crippen LogP contribution in [0, 0.1) is 0 Å². The standard InChI is InChI=1S/C19H27N/c1-2-3-4-5-6-7-11-19-17(15-20)14-13-16-10-8-9-12-18(16)19/h8-10,12-14H,2-7,11,15,20H2,1H3. The molecule has 0 saturated carbocycles. The first-order chi connectivity index (χ1) is 9.86. The summed E-state index contributed by atoms with van der Waals surface area (Å²) in [7, 11) is 0. The van der Waals surface area contributed by atoms with Crippen LogP contribution in [0.4, 0.5) is 0 Å². The van der Waals surface area contributed by atoms with Crippen LogP contribution in [-0.4, -0.2) is 0 Å². The Labute approximate surface area is 123 Å². The van der Waals surface area contributed by atoms with E-state index >= 15 is 0 Å². The second-order valence-electron chi connectivity index (χ2n) is 5.65. The monoisotopic (exact) mass is 269 g/mol. The zero-order valence-corrected chi connectivity index (χ0v) is 12.7. The van der Waals surface area contributed by atoms with Crippen LogP contribution in [0.1, 0.15) is 56.6 Å². The molecule has 2 aromatic carbocycles.